The number of hydrogen-bond donors (Lipinski definition) is 2. The number of hydrogen-bond acceptors (Lipinski definition) is 4. The largest absolute Gasteiger partial charge is 0.461 e. The van der Waals surface area contributed by atoms with Gasteiger partial charge in [0.1, 0.15) is 12.1 Å². The van der Waals surface area contributed by atoms with E-state index < -0.39 is 6.10 Å². The predicted octanol–water partition coefficient (Wildman–Crippen LogP) is 0.831. The molecule has 1 saturated heterocycles. The lowest BCUT2D eigenvalue weighted by Crippen LogP contribution is -2.36. The quantitative estimate of drug-likeness (QED) is 0.686. The third-order valence-corrected chi connectivity index (χ3v) is 3.56. The first-order chi connectivity index (χ1) is 7.65. The zero-order chi connectivity index (χ0) is 11.5. The molecular formula is C12H21NO3. The molecule has 0 aromatic heterocycles. The molecule has 0 radical (unpaired) electrons. The van der Waals surface area contributed by atoms with E-state index in [0.717, 1.165) is 19.3 Å². The van der Waals surface area contributed by atoms with Crippen molar-refractivity contribution in [2.45, 2.75) is 57.3 Å². The molecule has 4 heteroatoms. The Hall–Kier alpha value is -0.610. The molecule has 2 N–H and O–H groups in total. The molecular weight excluding hydrogens is 206 g/mol. The Labute approximate surface area is 96.4 Å². The molecule has 0 amide bonds. The van der Waals surface area contributed by atoms with Gasteiger partial charge in [-0.1, -0.05) is 13.3 Å². The van der Waals surface area contributed by atoms with Crippen LogP contribution in [0.2, 0.25) is 0 Å². The SMILES string of the molecule is CC1CCCC(OC(=O)[C@@H]2C[C@H](O)CN2)C1. The molecule has 2 aliphatic rings. The molecule has 4 nitrogen and oxygen atoms in total. The molecule has 0 aromatic rings. The van der Waals surface area contributed by atoms with Crippen LogP contribution in [-0.4, -0.2) is 35.9 Å². The van der Waals surface area contributed by atoms with Gasteiger partial charge in [-0.25, -0.2) is 0 Å². The Kier molecular flexibility index (Phi) is 3.82. The first-order valence-corrected chi connectivity index (χ1v) is 6.27. The van der Waals surface area contributed by atoms with E-state index in [4.69, 9.17) is 4.74 Å². The van der Waals surface area contributed by atoms with E-state index in [-0.39, 0.29) is 18.1 Å². The lowest BCUT2D eigenvalue weighted by Gasteiger charge is -2.27. The second-order valence-electron chi connectivity index (χ2n) is 5.18. The molecule has 1 heterocycles. The molecule has 16 heavy (non-hydrogen) atoms. The van der Waals surface area contributed by atoms with Gasteiger partial charge < -0.3 is 15.2 Å². The zero-order valence-corrected chi connectivity index (χ0v) is 9.82. The number of ether oxygens (including phenoxy) is 1. The van der Waals surface area contributed by atoms with Gasteiger partial charge in [-0.2, -0.15) is 0 Å². The Morgan fingerprint density at radius 1 is 1.38 bits per heavy atom. The highest BCUT2D eigenvalue weighted by Crippen LogP contribution is 2.26. The van der Waals surface area contributed by atoms with Crippen LogP contribution in [0.4, 0.5) is 0 Å². The van der Waals surface area contributed by atoms with Crippen LogP contribution >= 0.6 is 0 Å². The van der Waals surface area contributed by atoms with Gasteiger partial charge in [0.15, 0.2) is 0 Å². The van der Waals surface area contributed by atoms with Crippen molar-refractivity contribution in [3.63, 3.8) is 0 Å². The van der Waals surface area contributed by atoms with Crippen molar-refractivity contribution >= 4 is 5.97 Å². The number of rotatable bonds is 2. The van der Waals surface area contributed by atoms with Gasteiger partial charge in [0.2, 0.25) is 0 Å². The number of β-amino-alcohol motifs (C(OH)–C–C–N with tert-alkyl or cyclic N) is 1. The fourth-order valence-electron chi connectivity index (χ4n) is 2.63. The van der Waals surface area contributed by atoms with E-state index in [9.17, 15) is 9.90 Å². The van der Waals surface area contributed by atoms with Crippen LogP contribution < -0.4 is 5.32 Å². The third-order valence-electron chi connectivity index (χ3n) is 3.56. The van der Waals surface area contributed by atoms with Crippen molar-refractivity contribution in [3.05, 3.63) is 0 Å². The summed E-state index contributed by atoms with van der Waals surface area (Å²) >= 11 is 0. The number of carbonyl (C=O) groups excluding carboxylic acids is 1. The maximum atomic E-state index is 11.8. The van der Waals surface area contributed by atoms with Crippen molar-refractivity contribution in [3.8, 4) is 0 Å². The highest BCUT2D eigenvalue weighted by molar-refractivity contribution is 5.76. The van der Waals surface area contributed by atoms with Crippen LogP contribution in [0, 0.1) is 5.92 Å². The van der Waals surface area contributed by atoms with Crippen LogP contribution in [0.15, 0.2) is 0 Å². The average Bonchev–Trinajstić information content (AvgIpc) is 2.65. The maximum Gasteiger partial charge on any atom is 0.323 e. The van der Waals surface area contributed by atoms with Gasteiger partial charge in [-0.3, -0.25) is 4.79 Å². The van der Waals surface area contributed by atoms with Gasteiger partial charge in [0, 0.05) is 13.0 Å². The highest BCUT2D eigenvalue weighted by atomic mass is 16.5. The summed E-state index contributed by atoms with van der Waals surface area (Å²) < 4.78 is 5.48. The minimum atomic E-state index is -0.400. The molecule has 2 rings (SSSR count). The predicted molar refractivity (Wildman–Crippen MR) is 59.9 cm³/mol. The van der Waals surface area contributed by atoms with Crippen molar-refractivity contribution in [1.82, 2.24) is 5.32 Å². The zero-order valence-electron chi connectivity index (χ0n) is 9.82. The molecule has 1 aliphatic carbocycles. The van der Waals surface area contributed by atoms with E-state index in [1.807, 2.05) is 0 Å². The molecule has 0 spiro atoms. The summed E-state index contributed by atoms with van der Waals surface area (Å²) in [6.45, 7) is 2.71. The minimum Gasteiger partial charge on any atom is -0.461 e. The number of carbonyl (C=O) groups is 1. The Bertz CT molecular complexity index is 257. The maximum absolute atomic E-state index is 11.8. The standard InChI is InChI=1S/C12H21NO3/c1-8-3-2-4-10(5-8)16-12(15)11-6-9(14)7-13-11/h8-11,13-14H,2-7H2,1H3/t8?,9-,10?,11-/m0/s1. The van der Waals surface area contributed by atoms with Crippen molar-refractivity contribution < 1.29 is 14.6 Å². The lowest BCUT2D eigenvalue weighted by atomic mass is 9.89. The van der Waals surface area contributed by atoms with Crippen LogP contribution in [0.5, 0.6) is 0 Å². The number of esters is 1. The summed E-state index contributed by atoms with van der Waals surface area (Å²) in [7, 11) is 0. The summed E-state index contributed by atoms with van der Waals surface area (Å²) in [4.78, 5) is 11.8. The molecule has 4 atom stereocenters. The number of aliphatic hydroxyl groups is 1. The van der Waals surface area contributed by atoms with Gasteiger partial charge in [-0.15, -0.1) is 0 Å². The molecule has 0 aromatic carbocycles. The second-order valence-corrected chi connectivity index (χ2v) is 5.18. The average molecular weight is 227 g/mol. The Morgan fingerprint density at radius 2 is 2.19 bits per heavy atom. The molecule has 1 saturated carbocycles. The van der Waals surface area contributed by atoms with E-state index in [2.05, 4.69) is 12.2 Å². The number of aliphatic hydroxyl groups excluding tert-OH is 1. The summed E-state index contributed by atoms with van der Waals surface area (Å²) in [6.07, 6.45) is 4.56. The fraction of sp³-hybridized carbons (Fsp3) is 0.917. The lowest BCUT2D eigenvalue weighted by molar-refractivity contribution is -0.153. The molecule has 2 fully saturated rings. The van der Waals surface area contributed by atoms with E-state index in [1.165, 1.54) is 6.42 Å². The summed E-state index contributed by atoms with van der Waals surface area (Å²) in [5.74, 6) is 0.476. The minimum absolute atomic E-state index is 0.0933. The number of nitrogens with one attached hydrogen (secondary N) is 1. The highest BCUT2D eigenvalue weighted by Gasteiger charge is 2.31. The molecule has 2 unspecified atom stereocenters. The Balaban J connectivity index is 1.78. The summed E-state index contributed by atoms with van der Waals surface area (Å²) in [6, 6.07) is -0.299. The van der Waals surface area contributed by atoms with Crippen molar-refractivity contribution in [1.29, 1.82) is 0 Å². The van der Waals surface area contributed by atoms with Crippen LogP contribution in [-0.2, 0) is 9.53 Å². The van der Waals surface area contributed by atoms with Gasteiger partial charge in [0.25, 0.3) is 0 Å². The van der Waals surface area contributed by atoms with E-state index >= 15 is 0 Å². The summed E-state index contributed by atoms with van der Waals surface area (Å²) in [5.41, 5.74) is 0. The third kappa shape index (κ3) is 2.95. The Morgan fingerprint density at radius 3 is 2.81 bits per heavy atom. The second kappa shape index (κ2) is 5.15. The van der Waals surface area contributed by atoms with Gasteiger partial charge in [0.05, 0.1) is 6.10 Å². The normalized spacial score (nSPS) is 39.6. The van der Waals surface area contributed by atoms with Crippen LogP contribution in [0.1, 0.15) is 39.0 Å². The van der Waals surface area contributed by atoms with Crippen LogP contribution in [0.25, 0.3) is 0 Å². The van der Waals surface area contributed by atoms with Crippen LogP contribution in [0.3, 0.4) is 0 Å². The van der Waals surface area contributed by atoms with Gasteiger partial charge >= 0.3 is 5.97 Å². The van der Waals surface area contributed by atoms with Crippen molar-refractivity contribution in [2.24, 2.45) is 5.92 Å². The monoisotopic (exact) mass is 227 g/mol. The fourth-order valence-corrected chi connectivity index (χ4v) is 2.63. The smallest absolute Gasteiger partial charge is 0.323 e. The first-order valence-electron chi connectivity index (χ1n) is 6.27. The van der Waals surface area contributed by atoms with E-state index in [0.29, 0.717) is 18.9 Å². The van der Waals surface area contributed by atoms with E-state index in [1.54, 1.807) is 0 Å². The molecule has 0 bridgehead atoms. The molecule has 1 aliphatic heterocycles. The first kappa shape index (κ1) is 11.9. The topological polar surface area (TPSA) is 58.6 Å². The molecule has 92 valence electrons. The van der Waals surface area contributed by atoms with Gasteiger partial charge in [-0.05, 0) is 25.2 Å². The van der Waals surface area contributed by atoms with Crippen molar-refractivity contribution in [2.75, 3.05) is 6.54 Å². The summed E-state index contributed by atoms with van der Waals surface area (Å²) in [5, 5.41) is 12.3.